The molecule has 3 rings (SSSR count). The number of esters is 1. The normalized spacial score (nSPS) is 19.7. The van der Waals surface area contributed by atoms with Gasteiger partial charge in [0.05, 0.1) is 42.9 Å². The van der Waals surface area contributed by atoms with Crippen molar-refractivity contribution in [3.63, 3.8) is 0 Å². The highest BCUT2D eigenvalue weighted by Crippen LogP contribution is 2.30. The van der Waals surface area contributed by atoms with Crippen molar-refractivity contribution in [2.24, 2.45) is 0 Å². The second-order valence-electron chi connectivity index (χ2n) is 9.36. The van der Waals surface area contributed by atoms with Crippen molar-refractivity contribution in [1.82, 2.24) is 20.2 Å². The van der Waals surface area contributed by atoms with Crippen LogP contribution >= 0.6 is 0 Å². The van der Waals surface area contributed by atoms with Crippen molar-refractivity contribution in [2.45, 2.75) is 57.8 Å². The number of hydrogen-bond donors (Lipinski definition) is 1. The van der Waals surface area contributed by atoms with Crippen LogP contribution in [-0.2, 0) is 14.3 Å². The molecule has 1 saturated heterocycles. The van der Waals surface area contributed by atoms with Crippen molar-refractivity contribution in [3.05, 3.63) is 29.7 Å². The van der Waals surface area contributed by atoms with Crippen LogP contribution in [0.4, 0.5) is 13.6 Å². The van der Waals surface area contributed by atoms with Gasteiger partial charge in [-0.1, -0.05) is 0 Å². The smallest absolute Gasteiger partial charge is 0.407 e. The number of carbonyl (C=O) groups excluding carboxylic acids is 2. The van der Waals surface area contributed by atoms with Gasteiger partial charge < -0.3 is 19.5 Å². The van der Waals surface area contributed by atoms with Crippen LogP contribution in [0, 0.1) is 5.82 Å². The molecule has 0 aliphatic carbocycles. The summed E-state index contributed by atoms with van der Waals surface area (Å²) in [6.07, 6.45) is -0.765. The van der Waals surface area contributed by atoms with E-state index in [1.165, 1.54) is 7.11 Å². The molecule has 1 amide bonds. The second kappa shape index (κ2) is 11.1. The Hall–Kier alpha value is -3.08. The topological polar surface area (TPSA) is 103 Å². The van der Waals surface area contributed by atoms with Crippen LogP contribution in [0.25, 0.3) is 11.0 Å². The zero-order valence-corrected chi connectivity index (χ0v) is 20.6. The van der Waals surface area contributed by atoms with E-state index in [4.69, 9.17) is 14.2 Å². The first-order valence-electron chi connectivity index (χ1n) is 11.5. The number of pyridine rings is 2. The largest absolute Gasteiger partial charge is 0.481 e. The van der Waals surface area contributed by atoms with E-state index in [0.29, 0.717) is 18.5 Å². The summed E-state index contributed by atoms with van der Waals surface area (Å²) in [5, 5.41) is 2.57. The second-order valence-corrected chi connectivity index (χ2v) is 9.36. The molecule has 1 N–H and O–H groups in total. The van der Waals surface area contributed by atoms with Crippen molar-refractivity contribution < 1.29 is 32.6 Å². The Kier molecular flexibility index (Phi) is 8.42. The number of alkyl halides is 1. The van der Waals surface area contributed by atoms with Gasteiger partial charge in [0.25, 0.3) is 0 Å². The molecule has 11 heteroatoms. The van der Waals surface area contributed by atoms with Gasteiger partial charge in [0.2, 0.25) is 5.88 Å². The van der Waals surface area contributed by atoms with Crippen LogP contribution in [0.15, 0.2) is 18.3 Å². The van der Waals surface area contributed by atoms with Gasteiger partial charge in [-0.05, 0) is 40.2 Å². The number of carbonyl (C=O) groups is 2. The molecule has 0 spiro atoms. The predicted octanol–water partition coefficient (Wildman–Crippen LogP) is 3.36. The standard InChI is InChI=1S/C24H32F2N4O5/c1-6-34-22(31)14(20-15(25)11-27-18-7-8-19(33-5)29-21(18)20)12-30-10-9-17(16(26)13-30)28-23(32)35-24(2,3)4/h7-8,11,14,16-17H,6,9-10,12-13H2,1-5H3,(H,28,32)/t14?,16-,17-/m0/s1. The van der Waals surface area contributed by atoms with Gasteiger partial charge in [-0.2, -0.15) is 0 Å². The number of hydrogen-bond acceptors (Lipinski definition) is 8. The van der Waals surface area contributed by atoms with Gasteiger partial charge in [0, 0.05) is 31.3 Å². The zero-order chi connectivity index (χ0) is 25.8. The van der Waals surface area contributed by atoms with E-state index in [2.05, 4.69) is 15.3 Å². The van der Waals surface area contributed by atoms with Crippen molar-refractivity contribution in [3.8, 4) is 5.88 Å². The SMILES string of the molecule is CCOC(=O)C(CN1CC[C@H](NC(=O)OC(C)(C)C)[C@@H](F)C1)c1c(F)cnc2ccc(OC)nc12. The van der Waals surface area contributed by atoms with E-state index in [1.807, 2.05) is 0 Å². The highest BCUT2D eigenvalue weighted by Gasteiger charge is 2.36. The molecule has 35 heavy (non-hydrogen) atoms. The summed E-state index contributed by atoms with van der Waals surface area (Å²) in [5.74, 6) is -2.18. The van der Waals surface area contributed by atoms with E-state index < -0.39 is 41.6 Å². The van der Waals surface area contributed by atoms with Gasteiger partial charge in [-0.3, -0.25) is 14.7 Å². The quantitative estimate of drug-likeness (QED) is 0.585. The lowest BCUT2D eigenvalue weighted by Crippen LogP contribution is -2.54. The molecule has 0 aromatic carbocycles. The van der Waals surface area contributed by atoms with Gasteiger partial charge in [-0.25, -0.2) is 18.6 Å². The number of methoxy groups -OCH3 is 1. The molecule has 9 nitrogen and oxygen atoms in total. The molecule has 1 aliphatic heterocycles. The first-order chi connectivity index (χ1) is 16.5. The summed E-state index contributed by atoms with van der Waals surface area (Å²) in [5.41, 5.74) is -0.102. The summed E-state index contributed by atoms with van der Waals surface area (Å²) in [6.45, 7) is 7.26. The number of fused-ring (bicyclic) bond motifs is 1. The van der Waals surface area contributed by atoms with E-state index in [9.17, 15) is 14.0 Å². The van der Waals surface area contributed by atoms with Gasteiger partial charge in [0.1, 0.15) is 17.6 Å². The summed E-state index contributed by atoms with van der Waals surface area (Å²) in [7, 11) is 1.43. The monoisotopic (exact) mass is 494 g/mol. The third kappa shape index (κ3) is 6.74. The molecule has 1 aliphatic rings. The maximum absolute atomic E-state index is 15.1. The number of likely N-dealkylation sites (tertiary alicyclic amines) is 1. The molecule has 3 atom stereocenters. The maximum atomic E-state index is 15.1. The zero-order valence-electron chi connectivity index (χ0n) is 20.6. The Morgan fingerprint density at radius 1 is 1.31 bits per heavy atom. The molecule has 0 saturated carbocycles. The third-order valence-corrected chi connectivity index (χ3v) is 5.57. The molecule has 192 valence electrons. The third-order valence-electron chi connectivity index (χ3n) is 5.57. The molecular weight excluding hydrogens is 462 g/mol. The van der Waals surface area contributed by atoms with Crippen LogP contribution in [0.2, 0.25) is 0 Å². The van der Waals surface area contributed by atoms with Crippen LogP contribution in [0.1, 0.15) is 45.6 Å². The minimum atomic E-state index is -1.41. The minimum Gasteiger partial charge on any atom is -0.481 e. The number of rotatable bonds is 7. The number of nitrogens with zero attached hydrogens (tertiary/aromatic N) is 3. The summed E-state index contributed by atoms with van der Waals surface area (Å²) in [6, 6.07) is 2.48. The highest BCUT2D eigenvalue weighted by atomic mass is 19.1. The van der Waals surface area contributed by atoms with Gasteiger partial charge in [-0.15, -0.1) is 0 Å². The average Bonchev–Trinajstić information content (AvgIpc) is 2.78. The molecule has 0 bridgehead atoms. The van der Waals surface area contributed by atoms with Crippen molar-refractivity contribution in [1.29, 1.82) is 0 Å². The van der Waals surface area contributed by atoms with E-state index in [1.54, 1.807) is 44.7 Å². The summed E-state index contributed by atoms with van der Waals surface area (Å²) < 4.78 is 45.7. The first kappa shape index (κ1) is 26.5. The molecular formula is C24H32F2N4O5. The van der Waals surface area contributed by atoms with Crippen LogP contribution in [-0.4, -0.2) is 78.1 Å². The molecule has 2 aromatic rings. The minimum absolute atomic E-state index is 0.00728. The van der Waals surface area contributed by atoms with Gasteiger partial charge in [0.15, 0.2) is 0 Å². The van der Waals surface area contributed by atoms with E-state index >= 15 is 4.39 Å². The number of alkyl carbamates (subject to hydrolysis) is 1. The molecule has 1 unspecified atom stereocenters. The lowest BCUT2D eigenvalue weighted by Gasteiger charge is -2.36. The summed E-state index contributed by atoms with van der Waals surface area (Å²) >= 11 is 0. The van der Waals surface area contributed by atoms with E-state index in [0.717, 1.165) is 6.20 Å². The predicted molar refractivity (Wildman–Crippen MR) is 125 cm³/mol. The number of ether oxygens (including phenoxy) is 3. The van der Waals surface area contributed by atoms with Crippen LogP contribution < -0.4 is 10.1 Å². The summed E-state index contributed by atoms with van der Waals surface area (Å²) in [4.78, 5) is 35.1. The molecule has 1 fully saturated rings. The van der Waals surface area contributed by atoms with Crippen LogP contribution in [0.5, 0.6) is 5.88 Å². The Morgan fingerprint density at radius 3 is 2.69 bits per heavy atom. The molecule has 2 aromatic heterocycles. The highest BCUT2D eigenvalue weighted by molar-refractivity contribution is 5.87. The Morgan fingerprint density at radius 2 is 2.06 bits per heavy atom. The average molecular weight is 495 g/mol. The Balaban J connectivity index is 1.82. The number of halogens is 2. The lowest BCUT2D eigenvalue weighted by atomic mass is 9.95. The number of nitrogens with one attached hydrogen (secondary N) is 1. The fraction of sp³-hybridized carbons (Fsp3) is 0.583. The van der Waals surface area contributed by atoms with Crippen molar-refractivity contribution in [2.75, 3.05) is 33.4 Å². The number of aromatic nitrogens is 2. The Bertz CT molecular complexity index is 1060. The fourth-order valence-electron chi connectivity index (χ4n) is 4.03. The fourth-order valence-corrected chi connectivity index (χ4v) is 4.03. The Labute approximate surface area is 203 Å². The molecule has 3 heterocycles. The van der Waals surface area contributed by atoms with E-state index in [-0.39, 0.29) is 36.7 Å². The van der Waals surface area contributed by atoms with Gasteiger partial charge >= 0.3 is 12.1 Å². The van der Waals surface area contributed by atoms with Crippen molar-refractivity contribution >= 4 is 23.1 Å². The lowest BCUT2D eigenvalue weighted by molar-refractivity contribution is -0.145. The number of piperidine rings is 1. The number of amides is 1. The molecule has 0 radical (unpaired) electrons. The van der Waals surface area contributed by atoms with Crippen LogP contribution in [0.3, 0.4) is 0 Å². The maximum Gasteiger partial charge on any atom is 0.407 e. The first-order valence-corrected chi connectivity index (χ1v) is 11.5.